The van der Waals surface area contributed by atoms with Crippen molar-refractivity contribution in [3.63, 3.8) is 0 Å². The molecule has 0 bridgehead atoms. The lowest BCUT2D eigenvalue weighted by Gasteiger charge is -2.54. The molecule has 0 unspecified atom stereocenters. The molecule has 376 valence electrons. The van der Waals surface area contributed by atoms with E-state index in [1.54, 1.807) is 12.1 Å². The smallest absolute Gasteiger partial charge is 0.227 e. The number of amides is 1. The Morgan fingerprint density at radius 3 is 1.55 bits per heavy atom. The van der Waals surface area contributed by atoms with Crippen molar-refractivity contribution in [1.82, 2.24) is 24.5 Å². The molecule has 0 N–H and O–H groups in total. The van der Waals surface area contributed by atoms with Gasteiger partial charge in [-0.3, -0.25) is 29.2 Å². The van der Waals surface area contributed by atoms with Gasteiger partial charge in [-0.25, -0.2) is 8.78 Å². The second kappa shape index (κ2) is 26.8. The highest BCUT2D eigenvalue weighted by molar-refractivity contribution is 6.63. The largest absolute Gasteiger partial charge is 0.378 e. The molecule has 6 saturated heterocycles. The predicted octanol–water partition coefficient (Wildman–Crippen LogP) is 10.4. The lowest BCUT2D eigenvalue weighted by Crippen LogP contribution is -2.71. The zero-order valence-corrected chi connectivity index (χ0v) is 40.6. The number of carbonyl (C=O) groups excluding carboxylic acids is 2. The Kier molecular flexibility index (Phi) is 21.3. The molecular formula is C55H72Cl3F2N5O4. The van der Waals surface area contributed by atoms with Gasteiger partial charge in [0.25, 0.3) is 0 Å². The van der Waals surface area contributed by atoms with Crippen molar-refractivity contribution >= 4 is 46.0 Å². The fourth-order valence-corrected chi connectivity index (χ4v) is 11.8. The topological polar surface area (TPSA) is 68.8 Å². The number of fused-ring (bicyclic) bond motifs is 2. The second-order valence-electron chi connectivity index (χ2n) is 18.8. The summed E-state index contributed by atoms with van der Waals surface area (Å²) in [6, 6.07) is 31.8. The van der Waals surface area contributed by atoms with E-state index in [9.17, 15) is 18.4 Å². The molecular weight excluding hydrogens is 939 g/mol. The molecule has 14 heteroatoms. The summed E-state index contributed by atoms with van der Waals surface area (Å²) in [5.41, 5.74) is 4.08. The van der Waals surface area contributed by atoms with E-state index in [2.05, 4.69) is 79.1 Å². The average Bonchev–Trinajstić information content (AvgIpc) is 4.09. The number of rotatable bonds is 10. The fourth-order valence-electron chi connectivity index (χ4n) is 11.2. The Labute approximate surface area is 424 Å². The summed E-state index contributed by atoms with van der Waals surface area (Å²) in [6.07, 6.45) is 8.19. The molecule has 0 aromatic heterocycles. The number of hydrogen-bond donors (Lipinski definition) is 0. The van der Waals surface area contributed by atoms with Crippen LogP contribution in [0.4, 0.5) is 8.78 Å². The van der Waals surface area contributed by atoms with Gasteiger partial charge in [0.15, 0.2) is 0 Å². The molecule has 69 heavy (non-hydrogen) atoms. The van der Waals surface area contributed by atoms with Gasteiger partial charge in [0.2, 0.25) is 11.1 Å². The van der Waals surface area contributed by atoms with E-state index in [1.807, 2.05) is 6.07 Å². The fraction of sp³-hybridized carbons (Fsp3) is 0.527. The summed E-state index contributed by atoms with van der Waals surface area (Å²) < 4.78 is 38.4. The Morgan fingerprint density at radius 1 is 0.536 bits per heavy atom. The van der Waals surface area contributed by atoms with Gasteiger partial charge >= 0.3 is 0 Å². The molecule has 6 atom stereocenters. The van der Waals surface area contributed by atoms with E-state index < -0.39 is 16.9 Å². The van der Waals surface area contributed by atoms with Crippen LogP contribution in [0.3, 0.4) is 0 Å². The molecule has 0 saturated carbocycles. The van der Waals surface area contributed by atoms with Gasteiger partial charge in [0.05, 0.1) is 61.0 Å². The minimum absolute atomic E-state index is 0. The lowest BCUT2D eigenvalue weighted by molar-refractivity contribution is -0.153. The van der Waals surface area contributed by atoms with Crippen LogP contribution in [0.1, 0.15) is 75.6 Å². The van der Waals surface area contributed by atoms with Crippen LogP contribution < -0.4 is 0 Å². The zero-order valence-electron chi connectivity index (χ0n) is 38.3. The maximum absolute atomic E-state index is 13.6. The molecule has 6 heterocycles. The Hall–Kier alpha value is -3.49. The molecule has 4 aromatic rings. The molecule has 0 radical (unpaired) electrons. The molecule has 1 amide bonds. The Bertz CT molecular complexity index is 2220. The first-order chi connectivity index (χ1) is 32.6. The summed E-state index contributed by atoms with van der Waals surface area (Å²) in [6.45, 7) is 12.5. The number of hydrogen-bond acceptors (Lipinski definition) is 8. The number of halogens is 5. The number of carbonyl (C=O) groups is 2. The van der Waals surface area contributed by atoms with Crippen LogP contribution >= 0.6 is 34.8 Å². The number of nitrogens with zero attached hydrogens (tertiary/aromatic N) is 5. The first kappa shape index (κ1) is 54.8. The van der Waals surface area contributed by atoms with Crippen molar-refractivity contribution < 1.29 is 27.8 Å². The Morgan fingerprint density at radius 2 is 1.01 bits per heavy atom. The van der Waals surface area contributed by atoms with E-state index in [4.69, 9.17) is 44.3 Å². The summed E-state index contributed by atoms with van der Waals surface area (Å²) in [7, 11) is 0. The molecule has 10 rings (SSSR count). The highest BCUT2D eigenvalue weighted by Gasteiger charge is 2.48. The van der Waals surface area contributed by atoms with E-state index in [-0.39, 0.29) is 61.8 Å². The van der Waals surface area contributed by atoms with Gasteiger partial charge in [-0.1, -0.05) is 111 Å². The quantitative estimate of drug-likeness (QED) is 0.146. The first-order valence-electron chi connectivity index (χ1n) is 24.2. The highest BCUT2D eigenvalue weighted by atomic mass is 35.5. The third kappa shape index (κ3) is 14.6. The van der Waals surface area contributed by atoms with Crippen LogP contribution in [0.5, 0.6) is 0 Å². The molecule has 6 fully saturated rings. The van der Waals surface area contributed by atoms with Crippen LogP contribution in [-0.2, 0) is 45.0 Å². The van der Waals surface area contributed by atoms with Crippen molar-refractivity contribution in [1.29, 1.82) is 0 Å². The van der Waals surface area contributed by atoms with Gasteiger partial charge in [-0.05, 0) is 135 Å². The third-order valence-corrected chi connectivity index (χ3v) is 15.2. The molecule has 9 nitrogen and oxygen atoms in total. The number of benzene rings is 4. The van der Waals surface area contributed by atoms with Crippen molar-refractivity contribution in [2.75, 3.05) is 72.2 Å². The average molecular weight is 1010 g/mol. The SMILES string of the molecule is C.C.O=C(Cc1ccc(F)c(Cl)c1)N1CCN(Cc2ccccc2)[C@@H]2COC[C@H](N3CCCC3)[C@H]21.O=C(Cl)Cc1ccc(F)c(Cl)c1.c1ccc(CN2CCC[C@H]3[C@H]2COC[C@@H]3N2CCCC2)cc1. The third-order valence-electron chi connectivity index (χ3n) is 14.5. The van der Waals surface area contributed by atoms with Gasteiger partial charge in [0.1, 0.15) is 11.6 Å². The van der Waals surface area contributed by atoms with Crippen LogP contribution in [0.2, 0.25) is 10.0 Å². The van der Waals surface area contributed by atoms with E-state index in [1.165, 1.54) is 93.6 Å². The molecule has 0 aliphatic carbocycles. The first-order valence-corrected chi connectivity index (χ1v) is 25.3. The predicted molar refractivity (Wildman–Crippen MR) is 275 cm³/mol. The number of piperazine rings is 1. The maximum atomic E-state index is 13.6. The summed E-state index contributed by atoms with van der Waals surface area (Å²) in [5.74, 6) is -0.0640. The molecule has 6 aliphatic heterocycles. The number of piperidine rings is 1. The summed E-state index contributed by atoms with van der Waals surface area (Å²) in [4.78, 5) is 36.5. The zero-order chi connectivity index (χ0) is 46.7. The van der Waals surface area contributed by atoms with Crippen LogP contribution in [0.25, 0.3) is 0 Å². The van der Waals surface area contributed by atoms with E-state index in [0.717, 1.165) is 57.4 Å². The van der Waals surface area contributed by atoms with Gasteiger partial charge in [0, 0.05) is 44.7 Å². The van der Waals surface area contributed by atoms with Gasteiger partial charge < -0.3 is 14.4 Å². The highest BCUT2D eigenvalue weighted by Crippen LogP contribution is 2.35. The normalized spacial score (nSPS) is 25.1. The molecule has 4 aromatic carbocycles. The minimum Gasteiger partial charge on any atom is -0.378 e. The monoisotopic (exact) mass is 1010 g/mol. The second-order valence-corrected chi connectivity index (χ2v) is 20.1. The van der Waals surface area contributed by atoms with Crippen LogP contribution in [0.15, 0.2) is 97.1 Å². The lowest BCUT2D eigenvalue weighted by atomic mass is 9.81. The van der Waals surface area contributed by atoms with E-state index in [0.29, 0.717) is 37.4 Å². The van der Waals surface area contributed by atoms with Crippen molar-refractivity contribution in [2.24, 2.45) is 5.92 Å². The number of likely N-dealkylation sites (tertiary alicyclic amines) is 3. The maximum Gasteiger partial charge on any atom is 0.227 e. The van der Waals surface area contributed by atoms with Crippen molar-refractivity contribution in [2.45, 2.75) is 110 Å². The standard InChI is InChI=1S/C26H31ClFN3O2.C19H28N2O.C8H5Cl2FO.2CH4/c27-21-14-20(8-9-22(21)28)15-25(32)31-13-12-30(16-19-6-2-1-3-7-19)24-18-33-17-23(26(24)31)29-10-4-5-11-29;1-2-7-16(8-3-1)13-21-12-6-9-17-18(14-22-15-19(17)21)20-10-4-5-11-20;9-6-3-5(4-8(10)12)1-2-7(6)11;;/h1-3,6-9,14,23-24,26H,4-5,10-13,15-18H2;1-3,7-8,17-19H,4-6,9-15H2;1-3H,4H2;2*1H4/t23-,24+,26+;17-,18+,19-;;;/m01.../s1. The van der Waals surface area contributed by atoms with Gasteiger partial charge in [-0.2, -0.15) is 0 Å². The van der Waals surface area contributed by atoms with E-state index >= 15 is 0 Å². The molecule has 0 spiro atoms. The number of ether oxygens (including phenoxy) is 2. The molecule has 6 aliphatic rings. The summed E-state index contributed by atoms with van der Waals surface area (Å²) >= 11 is 16.6. The Balaban J connectivity index is 0.000000187. The van der Waals surface area contributed by atoms with Crippen molar-refractivity contribution in [3.8, 4) is 0 Å². The van der Waals surface area contributed by atoms with Crippen molar-refractivity contribution in [3.05, 3.63) is 141 Å². The van der Waals surface area contributed by atoms with Crippen LogP contribution in [0, 0.1) is 17.6 Å². The van der Waals surface area contributed by atoms with Gasteiger partial charge in [-0.15, -0.1) is 0 Å². The summed E-state index contributed by atoms with van der Waals surface area (Å²) in [5, 5.41) is -0.421. The van der Waals surface area contributed by atoms with Crippen LogP contribution in [-0.4, -0.2) is 138 Å². The minimum atomic E-state index is -0.498.